The molecule has 282 valence electrons. The molecular weight excluding hydrogens is 661 g/mol. The van der Waals surface area contributed by atoms with E-state index in [2.05, 4.69) is 40.6 Å². The van der Waals surface area contributed by atoms with Crippen molar-refractivity contribution in [2.45, 2.75) is 155 Å². The zero-order valence-electron chi connectivity index (χ0n) is 30.1. The van der Waals surface area contributed by atoms with Crippen LogP contribution >= 0.6 is 0 Å². The van der Waals surface area contributed by atoms with Crippen molar-refractivity contribution in [3.8, 4) is 0 Å². The number of unbranched alkanes of at least 4 members (excludes halogenated alkanes) is 13. The van der Waals surface area contributed by atoms with Gasteiger partial charge >= 0.3 is 0 Å². The number of aromatic amines is 2. The number of carbonyl (C=O) groups excluding carboxylic acids is 4. The standard InChI is InChI=1S/C35H60N8O6S/c1-29(44)30(26-32(45)23-22-31-27-36-28-38-31)18-15-16-24-37-34(46)21-17-25-50(48,49)41-35(47)20-14-12-10-8-6-4-2-3-5-7-9-11-13-19-33-39-42-43-40-33/h27-28,30H,2-26H2,1H3,(H,36,38)(H,37,46)(H,41,47)(H,39,40,42,43)/t30-/m1/s1. The van der Waals surface area contributed by atoms with E-state index in [0.29, 0.717) is 45.1 Å². The van der Waals surface area contributed by atoms with Gasteiger partial charge in [0, 0.05) is 56.5 Å². The van der Waals surface area contributed by atoms with E-state index in [4.69, 9.17) is 0 Å². The lowest BCUT2D eigenvalue weighted by atomic mass is 9.91. The molecule has 4 N–H and O–H groups in total. The monoisotopic (exact) mass is 720 g/mol. The summed E-state index contributed by atoms with van der Waals surface area (Å²) in [7, 11) is -3.78. The summed E-state index contributed by atoms with van der Waals surface area (Å²) in [6.07, 6.45) is 22.3. The summed E-state index contributed by atoms with van der Waals surface area (Å²) in [6, 6.07) is 0. The first-order valence-electron chi connectivity index (χ1n) is 18.7. The second-order valence-electron chi connectivity index (χ2n) is 13.3. The first kappa shape index (κ1) is 42.7. The van der Waals surface area contributed by atoms with Crippen molar-refractivity contribution < 1.29 is 27.6 Å². The normalized spacial score (nSPS) is 12.1. The lowest BCUT2D eigenvalue weighted by Crippen LogP contribution is -2.33. The molecule has 2 rings (SSSR count). The van der Waals surface area contributed by atoms with Crippen LogP contribution in [0.1, 0.15) is 153 Å². The highest BCUT2D eigenvalue weighted by atomic mass is 32.2. The number of tetrazole rings is 1. The van der Waals surface area contributed by atoms with Gasteiger partial charge < -0.3 is 10.3 Å². The molecule has 0 fully saturated rings. The fourth-order valence-electron chi connectivity index (χ4n) is 5.85. The maximum Gasteiger partial charge on any atom is 0.234 e. The van der Waals surface area contributed by atoms with E-state index in [1.54, 1.807) is 12.5 Å². The Morgan fingerprint density at radius 2 is 1.40 bits per heavy atom. The van der Waals surface area contributed by atoms with E-state index in [-0.39, 0.29) is 54.8 Å². The van der Waals surface area contributed by atoms with Gasteiger partial charge in [-0.2, -0.15) is 5.21 Å². The van der Waals surface area contributed by atoms with E-state index < -0.39 is 15.9 Å². The van der Waals surface area contributed by atoms with Crippen molar-refractivity contribution in [2.24, 2.45) is 5.92 Å². The lowest BCUT2D eigenvalue weighted by Gasteiger charge is -2.13. The van der Waals surface area contributed by atoms with E-state index >= 15 is 0 Å². The zero-order valence-corrected chi connectivity index (χ0v) is 30.9. The number of ketones is 2. The van der Waals surface area contributed by atoms with Crippen molar-refractivity contribution >= 4 is 33.4 Å². The van der Waals surface area contributed by atoms with Gasteiger partial charge in [-0.15, -0.1) is 10.2 Å². The Morgan fingerprint density at radius 3 is 2.00 bits per heavy atom. The van der Waals surface area contributed by atoms with Crippen LogP contribution in [0.25, 0.3) is 0 Å². The number of hydrogen-bond acceptors (Lipinski definition) is 10. The number of nitrogens with one attached hydrogen (secondary N) is 4. The molecule has 0 aliphatic carbocycles. The van der Waals surface area contributed by atoms with E-state index in [1.165, 1.54) is 58.3 Å². The van der Waals surface area contributed by atoms with Crippen LogP contribution in [-0.2, 0) is 42.0 Å². The fraction of sp³-hybridized carbons (Fsp3) is 0.771. The Hall–Kier alpha value is -3.49. The van der Waals surface area contributed by atoms with Crippen molar-refractivity contribution in [1.82, 2.24) is 40.6 Å². The molecule has 14 nitrogen and oxygen atoms in total. The van der Waals surface area contributed by atoms with Crippen LogP contribution < -0.4 is 10.0 Å². The Labute approximate surface area is 298 Å². The number of imidazole rings is 1. The summed E-state index contributed by atoms with van der Waals surface area (Å²) in [6.45, 7) is 1.91. The molecule has 0 spiro atoms. The van der Waals surface area contributed by atoms with Gasteiger partial charge in [0.15, 0.2) is 5.82 Å². The second-order valence-corrected chi connectivity index (χ2v) is 15.2. The maximum absolute atomic E-state index is 12.3. The Kier molecular flexibility index (Phi) is 22.5. The Morgan fingerprint density at radius 1 is 0.760 bits per heavy atom. The molecule has 2 aromatic heterocycles. The third-order valence-corrected chi connectivity index (χ3v) is 10.2. The number of carbonyl (C=O) groups is 4. The van der Waals surface area contributed by atoms with Gasteiger partial charge in [-0.3, -0.25) is 23.9 Å². The number of aromatic nitrogens is 6. The first-order valence-corrected chi connectivity index (χ1v) is 20.3. The summed E-state index contributed by atoms with van der Waals surface area (Å²) in [5.41, 5.74) is 0.886. The van der Waals surface area contributed by atoms with Gasteiger partial charge in [-0.1, -0.05) is 82.3 Å². The lowest BCUT2D eigenvalue weighted by molar-refractivity contribution is -0.127. The van der Waals surface area contributed by atoms with Crippen molar-refractivity contribution in [3.63, 3.8) is 0 Å². The van der Waals surface area contributed by atoms with Crippen molar-refractivity contribution in [2.75, 3.05) is 12.3 Å². The molecule has 0 aliphatic heterocycles. The van der Waals surface area contributed by atoms with Crippen LogP contribution in [-0.4, -0.2) is 74.7 Å². The summed E-state index contributed by atoms with van der Waals surface area (Å²) in [5.74, 6) is -0.544. The molecule has 0 aromatic carbocycles. The number of nitrogens with zero attached hydrogens (tertiary/aromatic N) is 4. The molecule has 2 heterocycles. The first-order chi connectivity index (χ1) is 24.1. The van der Waals surface area contributed by atoms with Crippen molar-refractivity contribution in [3.05, 3.63) is 24.0 Å². The molecule has 2 aromatic rings. The molecule has 50 heavy (non-hydrogen) atoms. The maximum atomic E-state index is 12.3. The highest BCUT2D eigenvalue weighted by Gasteiger charge is 2.19. The molecule has 1 atom stereocenters. The van der Waals surface area contributed by atoms with Crippen molar-refractivity contribution in [1.29, 1.82) is 0 Å². The minimum atomic E-state index is -3.78. The van der Waals surface area contributed by atoms with Crippen LogP contribution in [0.15, 0.2) is 12.5 Å². The van der Waals surface area contributed by atoms with Gasteiger partial charge in [0.1, 0.15) is 11.6 Å². The average molecular weight is 721 g/mol. The molecular formula is C35H60N8O6S. The highest BCUT2D eigenvalue weighted by molar-refractivity contribution is 7.90. The predicted molar refractivity (Wildman–Crippen MR) is 191 cm³/mol. The third kappa shape index (κ3) is 22.3. The minimum Gasteiger partial charge on any atom is -0.356 e. The third-order valence-electron chi connectivity index (χ3n) is 8.86. The zero-order chi connectivity index (χ0) is 36.3. The SMILES string of the molecule is CC(=O)[C@H](CCCCNC(=O)CCCS(=O)(=O)NC(=O)CCCCCCCCCCCCCCCc1nn[nH]n1)CC(=O)CCc1cnc[nH]1. The molecule has 0 saturated carbocycles. The Bertz CT molecular complexity index is 1320. The largest absolute Gasteiger partial charge is 0.356 e. The average Bonchev–Trinajstić information content (AvgIpc) is 3.79. The summed E-state index contributed by atoms with van der Waals surface area (Å²) < 4.78 is 26.7. The van der Waals surface area contributed by atoms with Gasteiger partial charge in [-0.25, -0.2) is 13.4 Å². The number of sulfonamides is 1. The number of Topliss-reactive ketones (excluding diaryl/α,β-unsaturated/α-hetero) is 2. The smallest absolute Gasteiger partial charge is 0.234 e. The quantitative estimate of drug-likeness (QED) is 0.0723. The minimum absolute atomic E-state index is 0.0121. The van der Waals surface area contributed by atoms with Gasteiger partial charge in [0.25, 0.3) is 0 Å². The topological polar surface area (TPSA) is 210 Å². The van der Waals surface area contributed by atoms with Gasteiger partial charge in [-0.05, 0) is 45.4 Å². The Balaban J connectivity index is 1.38. The summed E-state index contributed by atoms with van der Waals surface area (Å²) >= 11 is 0. The molecule has 0 saturated heterocycles. The fourth-order valence-corrected chi connectivity index (χ4v) is 6.93. The second kappa shape index (κ2) is 26.3. The molecule has 0 bridgehead atoms. The van der Waals surface area contributed by atoms with E-state index in [1.807, 2.05) is 0 Å². The summed E-state index contributed by atoms with van der Waals surface area (Å²) in [4.78, 5) is 55.5. The number of hydrogen-bond donors (Lipinski definition) is 4. The molecule has 2 amide bonds. The van der Waals surface area contributed by atoms with E-state index in [0.717, 1.165) is 43.6 Å². The van der Waals surface area contributed by atoms with Crippen LogP contribution in [0.3, 0.4) is 0 Å². The molecule has 0 aliphatic rings. The number of amides is 2. The number of H-pyrrole nitrogens is 2. The van der Waals surface area contributed by atoms with Gasteiger partial charge in [0.2, 0.25) is 21.8 Å². The van der Waals surface area contributed by atoms with Crippen LogP contribution in [0.5, 0.6) is 0 Å². The molecule has 0 radical (unpaired) electrons. The van der Waals surface area contributed by atoms with Crippen LogP contribution in [0, 0.1) is 5.92 Å². The van der Waals surface area contributed by atoms with Gasteiger partial charge in [0.05, 0.1) is 12.1 Å². The highest BCUT2D eigenvalue weighted by Crippen LogP contribution is 2.17. The van der Waals surface area contributed by atoms with E-state index in [9.17, 15) is 27.6 Å². The molecule has 0 unspecified atom stereocenters. The summed E-state index contributed by atoms with van der Waals surface area (Å²) in [5, 5.41) is 16.8. The van der Waals surface area contributed by atoms with Crippen LogP contribution in [0.4, 0.5) is 0 Å². The number of rotatable bonds is 32. The van der Waals surface area contributed by atoms with Crippen LogP contribution in [0.2, 0.25) is 0 Å². The molecule has 15 heteroatoms. The number of aryl methyl sites for hydroxylation is 2. The predicted octanol–water partition coefficient (Wildman–Crippen LogP) is 5.24.